The van der Waals surface area contributed by atoms with E-state index in [9.17, 15) is 0 Å². The van der Waals surface area contributed by atoms with Gasteiger partial charge in [0.25, 0.3) is 0 Å². The lowest BCUT2D eigenvalue weighted by Gasteiger charge is -2.42. The highest BCUT2D eigenvalue weighted by Gasteiger charge is 2.35. The maximum absolute atomic E-state index is 3.75. The Morgan fingerprint density at radius 2 is 1.60 bits per heavy atom. The molecule has 2 atom stereocenters. The number of nitrogens with one attached hydrogen (secondary N) is 1. The lowest BCUT2D eigenvalue weighted by molar-refractivity contribution is 0.0959. The second-order valence-corrected chi connectivity index (χ2v) is 10.2. The third-order valence-electron chi connectivity index (χ3n) is 4.83. The second-order valence-electron chi connectivity index (χ2n) is 10.2. The molecular weight excluding hydrogens is 242 g/mol. The Balaban J connectivity index is 2.60. The second kappa shape index (κ2) is 6.38. The highest BCUT2D eigenvalue weighted by molar-refractivity contribution is 4.88. The lowest BCUT2D eigenvalue weighted by Crippen LogP contribution is -2.43. The third-order valence-corrected chi connectivity index (χ3v) is 4.83. The number of hydrogen-bond donors (Lipinski definition) is 1. The first-order chi connectivity index (χ1) is 8.88. The molecule has 0 heterocycles. The van der Waals surface area contributed by atoms with Gasteiger partial charge in [-0.1, -0.05) is 34.6 Å². The lowest BCUT2D eigenvalue weighted by atomic mass is 9.65. The Morgan fingerprint density at radius 3 is 2.10 bits per heavy atom. The van der Waals surface area contributed by atoms with Crippen molar-refractivity contribution >= 4 is 0 Å². The zero-order chi connectivity index (χ0) is 15.6. The average Bonchev–Trinajstić information content (AvgIpc) is 2.21. The van der Waals surface area contributed by atoms with E-state index in [0.717, 1.165) is 11.8 Å². The summed E-state index contributed by atoms with van der Waals surface area (Å²) in [5.41, 5.74) is 1.28. The van der Waals surface area contributed by atoms with Crippen molar-refractivity contribution in [2.75, 3.05) is 6.54 Å². The molecule has 0 spiro atoms. The fourth-order valence-corrected chi connectivity index (χ4v) is 3.45. The van der Waals surface area contributed by atoms with E-state index in [-0.39, 0.29) is 5.54 Å². The quantitative estimate of drug-likeness (QED) is 0.703. The fraction of sp³-hybridized carbons (Fsp3) is 1.00. The van der Waals surface area contributed by atoms with Crippen LogP contribution in [0.5, 0.6) is 0 Å². The van der Waals surface area contributed by atoms with E-state index in [1.165, 1.54) is 38.6 Å². The van der Waals surface area contributed by atoms with E-state index >= 15 is 0 Å². The van der Waals surface area contributed by atoms with E-state index in [0.29, 0.717) is 10.8 Å². The zero-order valence-electron chi connectivity index (χ0n) is 15.4. The molecule has 0 bridgehead atoms. The van der Waals surface area contributed by atoms with Crippen molar-refractivity contribution in [2.24, 2.45) is 22.7 Å². The first-order valence-corrected chi connectivity index (χ1v) is 8.63. The molecule has 1 heteroatoms. The maximum atomic E-state index is 3.75. The standard InChI is InChI=1S/C19H39N/c1-17(2,3)11-9-15-13-19(7,8)12-10-16(15)14-20-18(4,5)6/h15-16,20H,9-14H2,1-8H3. The monoisotopic (exact) mass is 281 g/mol. The minimum atomic E-state index is 0.252. The van der Waals surface area contributed by atoms with Gasteiger partial charge >= 0.3 is 0 Å². The Labute approximate surface area is 128 Å². The molecule has 1 fully saturated rings. The molecular formula is C19H39N. The molecule has 2 unspecified atom stereocenters. The van der Waals surface area contributed by atoms with E-state index in [1.807, 2.05) is 0 Å². The van der Waals surface area contributed by atoms with Gasteiger partial charge in [0.2, 0.25) is 0 Å². The van der Waals surface area contributed by atoms with Crippen molar-refractivity contribution in [1.82, 2.24) is 5.32 Å². The van der Waals surface area contributed by atoms with Gasteiger partial charge in [-0.3, -0.25) is 0 Å². The smallest absolute Gasteiger partial charge is 0.00966 e. The van der Waals surface area contributed by atoms with E-state index in [1.54, 1.807) is 0 Å². The van der Waals surface area contributed by atoms with Crippen LogP contribution in [0.2, 0.25) is 0 Å². The van der Waals surface area contributed by atoms with Crippen LogP contribution in [0.1, 0.15) is 87.5 Å². The molecule has 0 aromatic rings. The molecule has 1 aliphatic rings. The van der Waals surface area contributed by atoms with Crippen molar-refractivity contribution in [3.05, 3.63) is 0 Å². The van der Waals surface area contributed by atoms with Crippen LogP contribution >= 0.6 is 0 Å². The van der Waals surface area contributed by atoms with Gasteiger partial charge in [-0.25, -0.2) is 0 Å². The molecule has 0 aliphatic heterocycles. The first-order valence-electron chi connectivity index (χ1n) is 8.63. The summed E-state index contributed by atoms with van der Waals surface area (Å²) < 4.78 is 0. The van der Waals surface area contributed by atoms with E-state index < -0.39 is 0 Å². The number of hydrogen-bond acceptors (Lipinski definition) is 1. The zero-order valence-corrected chi connectivity index (χ0v) is 15.4. The van der Waals surface area contributed by atoms with Crippen LogP contribution in [0.3, 0.4) is 0 Å². The first kappa shape index (κ1) is 18.0. The number of rotatable bonds is 4. The summed E-state index contributed by atoms with van der Waals surface area (Å²) in [4.78, 5) is 0. The maximum Gasteiger partial charge on any atom is 0.00966 e. The average molecular weight is 282 g/mol. The van der Waals surface area contributed by atoms with Crippen LogP contribution in [-0.2, 0) is 0 Å². The van der Waals surface area contributed by atoms with Crippen LogP contribution in [0.25, 0.3) is 0 Å². The van der Waals surface area contributed by atoms with Gasteiger partial charge in [-0.2, -0.15) is 0 Å². The van der Waals surface area contributed by atoms with Crippen molar-refractivity contribution in [3.63, 3.8) is 0 Å². The van der Waals surface area contributed by atoms with E-state index in [2.05, 4.69) is 60.7 Å². The molecule has 120 valence electrons. The Hall–Kier alpha value is -0.0400. The van der Waals surface area contributed by atoms with Crippen LogP contribution in [-0.4, -0.2) is 12.1 Å². The molecule has 0 amide bonds. The van der Waals surface area contributed by atoms with Gasteiger partial charge in [0.1, 0.15) is 0 Å². The largest absolute Gasteiger partial charge is 0.312 e. The minimum absolute atomic E-state index is 0.252. The molecule has 1 nitrogen and oxygen atoms in total. The molecule has 0 aromatic carbocycles. The summed E-state index contributed by atoms with van der Waals surface area (Å²) in [6.45, 7) is 20.1. The molecule has 1 N–H and O–H groups in total. The van der Waals surface area contributed by atoms with Crippen molar-refractivity contribution in [2.45, 2.75) is 93.0 Å². The Bertz CT molecular complexity index is 290. The predicted octanol–water partition coefficient (Wildman–Crippen LogP) is 5.64. The highest BCUT2D eigenvalue weighted by atomic mass is 14.9. The molecule has 0 saturated heterocycles. The van der Waals surface area contributed by atoms with Crippen molar-refractivity contribution < 1.29 is 0 Å². The van der Waals surface area contributed by atoms with Crippen LogP contribution in [0.4, 0.5) is 0 Å². The summed E-state index contributed by atoms with van der Waals surface area (Å²) in [5.74, 6) is 1.79. The van der Waals surface area contributed by atoms with Crippen LogP contribution in [0.15, 0.2) is 0 Å². The summed E-state index contributed by atoms with van der Waals surface area (Å²) in [7, 11) is 0. The Kier molecular flexibility index (Phi) is 5.75. The highest BCUT2D eigenvalue weighted by Crippen LogP contribution is 2.44. The van der Waals surface area contributed by atoms with Gasteiger partial charge in [0, 0.05) is 5.54 Å². The third kappa shape index (κ3) is 7.11. The Morgan fingerprint density at radius 1 is 1.00 bits per heavy atom. The summed E-state index contributed by atoms with van der Waals surface area (Å²) in [5, 5.41) is 3.75. The van der Waals surface area contributed by atoms with Gasteiger partial charge in [0.05, 0.1) is 0 Å². The van der Waals surface area contributed by atoms with Crippen LogP contribution < -0.4 is 5.32 Å². The summed E-state index contributed by atoms with van der Waals surface area (Å²) in [6, 6.07) is 0. The van der Waals surface area contributed by atoms with Crippen LogP contribution in [0, 0.1) is 22.7 Å². The normalized spacial score (nSPS) is 27.6. The van der Waals surface area contributed by atoms with Gasteiger partial charge in [-0.05, 0) is 82.1 Å². The topological polar surface area (TPSA) is 12.0 Å². The predicted molar refractivity (Wildman–Crippen MR) is 91.1 cm³/mol. The molecule has 1 aliphatic carbocycles. The van der Waals surface area contributed by atoms with Gasteiger partial charge < -0.3 is 5.32 Å². The molecule has 0 aromatic heterocycles. The van der Waals surface area contributed by atoms with Gasteiger partial charge in [-0.15, -0.1) is 0 Å². The van der Waals surface area contributed by atoms with Gasteiger partial charge in [0.15, 0.2) is 0 Å². The molecule has 0 radical (unpaired) electrons. The molecule has 1 saturated carbocycles. The SMILES string of the molecule is CC(C)(C)CCC1CC(C)(C)CCC1CNC(C)(C)C. The molecule has 1 rings (SSSR count). The molecule has 20 heavy (non-hydrogen) atoms. The van der Waals surface area contributed by atoms with E-state index in [4.69, 9.17) is 0 Å². The summed E-state index contributed by atoms with van der Waals surface area (Å²) in [6.07, 6.45) is 6.99. The van der Waals surface area contributed by atoms with Crippen molar-refractivity contribution in [1.29, 1.82) is 0 Å². The fourth-order valence-electron chi connectivity index (χ4n) is 3.45. The van der Waals surface area contributed by atoms with Crippen molar-refractivity contribution in [3.8, 4) is 0 Å². The minimum Gasteiger partial charge on any atom is -0.312 e. The summed E-state index contributed by atoms with van der Waals surface area (Å²) >= 11 is 0.